The molecule has 0 fully saturated rings. The summed E-state index contributed by atoms with van der Waals surface area (Å²) in [5, 5.41) is 0. The molecule has 0 aliphatic heterocycles. The maximum absolute atomic E-state index is 5.60. The molecule has 0 radical (unpaired) electrons. The van der Waals surface area contributed by atoms with Crippen molar-refractivity contribution in [3.05, 3.63) is 10.3 Å². The summed E-state index contributed by atoms with van der Waals surface area (Å²) < 4.78 is 11.4. The van der Waals surface area contributed by atoms with Gasteiger partial charge in [-0.2, -0.15) is 9.97 Å². The van der Waals surface area contributed by atoms with Crippen LogP contribution in [0, 0.1) is 0 Å². The second-order valence-corrected chi connectivity index (χ2v) is 4.82. The smallest absolute Gasteiger partial charge is 0.235 e. The summed E-state index contributed by atoms with van der Waals surface area (Å²) in [5.74, 6) is 1.99. The summed E-state index contributed by atoms with van der Waals surface area (Å²) in [6.07, 6.45) is 0.0657. The molecule has 4 nitrogen and oxygen atoms in total. The molecule has 0 aliphatic carbocycles. The zero-order valence-electron chi connectivity index (χ0n) is 10.2. The molecule has 0 bridgehead atoms. The molecule has 0 spiro atoms. The van der Waals surface area contributed by atoms with Crippen LogP contribution in [0.3, 0.4) is 0 Å². The Bertz CT molecular complexity index is 367. The van der Waals surface area contributed by atoms with Gasteiger partial charge in [-0.1, -0.05) is 13.8 Å². The standard InChI is InChI=1S/C11H17BrN2O2/c1-6(2)9-13-10(15-5)8(12)11(14-9)16-7(3)4/h6-7H,1-5H3. The summed E-state index contributed by atoms with van der Waals surface area (Å²) in [7, 11) is 1.58. The lowest BCUT2D eigenvalue weighted by Crippen LogP contribution is -2.10. The molecule has 1 aromatic rings. The van der Waals surface area contributed by atoms with E-state index < -0.39 is 0 Å². The van der Waals surface area contributed by atoms with Gasteiger partial charge in [-0.25, -0.2) is 0 Å². The minimum atomic E-state index is 0.0657. The molecule has 1 aromatic heterocycles. The molecule has 0 saturated heterocycles. The molecule has 1 rings (SSSR count). The summed E-state index contributed by atoms with van der Waals surface area (Å²) >= 11 is 3.38. The van der Waals surface area contributed by atoms with Crippen molar-refractivity contribution in [3.63, 3.8) is 0 Å². The average molecular weight is 289 g/mol. The Morgan fingerprint density at radius 3 is 2.06 bits per heavy atom. The van der Waals surface area contributed by atoms with Crippen molar-refractivity contribution < 1.29 is 9.47 Å². The van der Waals surface area contributed by atoms with Crippen molar-refractivity contribution in [3.8, 4) is 11.8 Å². The maximum atomic E-state index is 5.60. The number of hydrogen-bond donors (Lipinski definition) is 0. The first-order chi connectivity index (χ1) is 7.45. The molecule has 0 N–H and O–H groups in total. The molecule has 16 heavy (non-hydrogen) atoms. The third-order valence-electron chi connectivity index (χ3n) is 1.86. The van der Waals surface area contributed by atoms with Crippen molar-refractivity contribution in [2.75, 3.05) is 7.11 Å². The van der Waals surface area contributed by atoms with Crippen molar-refractivity contribution in [2.24, 2.45) is 0 Å². The predicted molar refractivity (Wildman–Crippen MR) is 66.1 cm³/mol. The fourth-order valence-corrected chi connectivity index (χ4v) is 1.55. The van der Waals surface area contributed by atoms with Gasteiger partial charge in [0.05, 0.1) is 13.2 Å². The number of methoxy groups -OCH3 is 1. The van der Waals surface area contributed by atoms with Crippen molar-refractivity contribution in [1.29, 1.82) is 0 Å². The summed E-state index contributed by atoms with van der Waals surface area (Å²) in [6.45, 7) is 7.97. The first kappa shape index (κ1) is 13.2. The fourth-order valence-electron chi connectivity index (χ4n) is 1.12. The maximum Gasteiger partial charge on any atom is 0.235 e. The highest BCUT2D eigenvalue weighted by Gasteiger charge is 2.16. The largest absolute Gasteiger partial charge is 0.480 e. The number of rotatable bonds is 4. The monoisotopic (exact) mass is 288 g/mol. The van der Waals surface area contributed by atoms with E-state index in [1.165, 1.54) is 0 Å². The van der Waals surface area contributed by atoms with E-state index in [1.54, 1.807) is 7.11 Å². The van der Waals surface area contributed by atoms with Crippen LogP contribution in [-0.4, -0.2) is 23.2 Å². The Hall–Kier alpha value is -0.840. The lowest BCUT2D eigenvalue weighted by molar-refractivity contribution is 0.227. The van der Waals surface area contributed by atoms with Crippen LogP contribution in [0.4, 0.5) is 0 Å². The normalized spacial score (nSPS) is 11.0. The first-order valence-electron chi connectivity index (χ1n) is 5.23. The van der Waals surface area contributed by atoms with E-state index in [2.05, 4.69) is 25.9 Å². The number of aromatic nitrogens is 2. The van der Waals surface area contributed by atoms with E-state index in [0.29, 0.717) is 16.2 Å². The van der Waals surface area contributed by atoms with Gasteiger partial charge < -0.3 is 9.47 Å². The van der Waals surface area contributed by atoms with E-state index in [0.717, 1.165) is 5.82 Å². The van der Waals surface area contributed by atoms with E-state index >= 15 is 0 Å². The zero-order valence-corrected chi connectivity index (χ0v) is 11.8. The molecule has 5 heteroatoms. The molecule has 0 aromatic carbocycles. The Kier molecular flexibility index (Phi) is 4.53. The second-order valence-electron chi connectivity index (χ2n) is 4.03. The van der Waals surface area contributed by atoms with Gasteiger partial charge in [-0.3, -0.25) is 0 Å². The molecule has 0 amide bonds. The molecular formula is C11H17BrN2O2. The van der Waals surface area contributed by atoms with E-state index in [4.69, 9.17) is 9.47 Å². The van der Waals surface area contributed by atoms with Gasteiger partial charge in [-0.05, 0) is 29.8 Å². The van der Waals surface area contributed by atoms with Gasteiger partial charge in [0.1, 0.15) is 10.3 Å². The number of ether oxygens (including phenoxy) is 2. The van der Waals surface area contributed by atoms with Crippen molar-refractivity contribution >= 4 is 15.9 Å². The van der Waals surface area contributed by atoms with Crippen LogP contribution in [0.2, 0.25) is 0 Å². The molecule has 0 atom stereocenters. The Morgan fingerprint density at radius 2 is 1.62 bits per heavy atom. The van der Waals surface area contributed by atoms with Crippen LogP contribution in [0.1, 0.15) is 39.4 Å². The van der Waals surface area contributed by atoms with Crippen LogP contribution >= 0.6 is 15.9 Å². The highest BCUT2D eigenvalue weighted by Crippen LogP contribution is 2.32. The van der Waals surface area contributed by atoms with Gasteiger partial charge in [-0.15, -0.1) is 0 Å². The lowest BCUT2D eigenvalue weighted by atomic mass is 10.2. The molecule has 0 unspecified atom stereocenters. The molecular weight excluding hydrogens is 272 g/mol. The third kappa shape index (κ3) is 3.07. The van der Waals surface area contributed by atoms with Gasteiger partial charge in [0.15, 0.2) is 0 Å². The number of hydrogen-bond acceptors (Lipinski definition) is 4. The van der Waals surface area contributed by atoms with Gasteiger partial charge in [0, 0.05) is 5.92 Å². The van der Waals surface area contributed by atoms with Gasteiger partial charge in [0.25, 0.3) is 0 Å². The first-order valence-corrected chi connectivity index (χ1v) is 6.03. The van der Waals surface area contributed by atoms with Crippen LogP contribution in [0.25, 0.3) is 0 Å². The lowest BCUT2D eigenvalue weighted by Gasteiger charge is -2.14. The quantitative estimate of drug-likeness (QED) is 0.854. The van der Waals surface area contributed by atoms with Crippen LogP contribution in [-0.2, 0) is 0 Å². The van der Waals surface area contributed by atoms with Crippen LogP contribution in [0.5, 0.6) is 11.8 Å². The van der Waals surface area contributed by atoms with Gasteiger partial charge >= 0.3 is 0 Å². The third-order valence-corrected chi connectivity index (χ3v) is 2.54. The van der Waals surface area contributed by atoms with Gasteiger partial charge in [0.2, 0.25) is 11.8 Å². The van der Waals surface area contributed by atoms with E-state index in [-0.39, 0.29) is 12.0 Å². The molecule has 90 valence electrons. The summed E-state index contributed by atoms with van der Waals surface area (Å²) in [5.41, 5.74) is 0. The minimum Gasteiger partial charge on any atom is -0.480 e. The Balaban J connectivity index is 3.19. The van der Waals surface area contributed by atoms with E-state index in [1.807, 2.05) is 27.7 Å². The van der Waals surface area contributed by atoms with Crippen LogP contribution in [0.15, 0.2) is 4.47 Å². The molecule has 1 heterocycles. The second kappa shape index (κ2) is 5.48. The molecule has 0 aliphatic rings. The topological polar surface area (TPSA) is 44.2 Å². The fraction of sp³-hybridized carbons (Fsp3) is 0.636. The summed E-state index contributed by atoms with van der Waals surface area (Å²) in [6, 6.07) is 0. The Labute approximate surface area is 105 Å². The van der Waals surface area contributed by atoms with E-state index in [9.17, 15) is 0 Å². The Morgan fingerprint density at radius 1 is 1.06 bits per heavy atom. The summed E-state index contributed by atoms with van der Waals surface area (Å²) in [4.78, 5) is 8.66. The zero-order chi connectivity index (χ0) is 12.3. The number of nitrogens with zero attached hydrogens (tertiary/aromatic N) is 2. The van der Waals surface area contributed by atoms with Crippen LogP contribution < -0.4 is 9.47 Å². The predicted octanol–water partition coefficient (Wildman–Crippen LogP) is 3.16. The van der Waals surface area contributed by atoms with Crippen molar-refractivity contribution in [2.45, 2.75) is 39.7 Å². The van der Waals surface area contributed by atoms with Crippen molar-refractivity contribution in [1.82, 2.24) is 9.97 Å². The highest BCUT2D eigenvalue weighted by molar-refractivity contribution is 9.10. The average Bonchev–Trinajstić information content (AvgIpc) is 2.20. The molecule has 0 saturated carbocycles. The number of halogens is 1. The SMILES string of the molecule is COc1nc(C(C)C)nc(OC(C)C)c1Br. The minimum absolute atomic E-state index is 0.0657. The highest BCUT2D eigenvalue weighted by atomic mass is 79.9.